The third-order valence-corrected chi connectivity index (χ3v) is 6.81. The number of aromatic amines is 1. The molecule has 1 atom stereocenters. The van der Waals surface area contributed by atoms with Crippen molar-refractivity contribution in [2.45, 2.75) is 17.5 Å². The van der Waals surface area contributed by atoms with Gasteiger partial charge in [0.15, 0.2) is 5.16 Å². The van der Waals surface area contributed by atoms with E-state index < -0.39 is 10.8 Å². The number of methoxy groups -OCH3 is 1. The number of nitrogens with one attached hydrogen (secondary N) is 1. The highest BCUT2D eigenvalue weighted by atomic mass is 32.2. The summed E-state index contributed by atoms with van der Waals surface area (Å²) in [7, 11) is 0.0155. The summed E-state index contributed by atoms with van der Waals surface area (Å²) in [6.45, 7) is 0.374. The van der Waals surface area contributed by atoms with Gasteiger partial charge in [0.25, 0.3) is 0 Å². The van der Waals surface area contributed by atoms with E-state index in [1.807, 2.05) is 66.7 Å². The highest BCUT2D eigenvalue weighted by molar-refractivity contribution is 7.84. The van der Waals surface area contributed by atoms with Crippen molar-refractivity contribution in [3.8, 4) is 16.9 Å². The number of pyridine rings is 1. The van der Waals surface area contributed by atoms with Crippen molar-refractivity contribution in [1.29, 1.82) is 0 Å². The number of H-pyrrole nitrogens is 1. The van der Waals surface area contributed by atoms with Crippen LogP contribution in [-0.4, -0.2) is 32.2 Å². The molecule has 7 nitrogen and oxygen atoms in total. The van der Waals surface area contributed by atoms with Gasteiger partial charge in [-0.1, -0.05) is 48.5 Å². The monoisotopic (exact) mass is 497 g/mol. The van der Waals surface area contributed by atoms with E-state index in [0.29, 0.717) is 28.8 Å². The van der Waals surface area contributed by atoms with Crippen molar-refractivity contribution in [1.82, 2.24) is 15.0 Å². The minimum atomic E-state index is -1.36. The molecule has 0 aliphatic rings. The smallest absolute Gasteiger partial charge is 0.337 e. The molecule has 0 fully saturated rings. The molecule has 5 rings (SSSR count). The molecule has 0 aliphatic heterocycles. The molecule has 2 aromatic heterocycles. The Bertz CT molecular complexity index is 1510. The molecule has 2 heterocycles. The van der Waals surface area contributed by atoms with E-state index in [0.717, 1.165) is 27.7 Å². The maximum Gasteiger partial charge on any atom is 0.337 e. The minimum Gasteiger partial charge on any atom is -0.489 e. The Hall–Kier alpha value is -4.30. The molecule has 1 unspecified atom stereocenters. The number of aromatic nitrogens is 3. The van der Waals surface area contributed by atoms with Crippen LogP contribution in [0.2, 0.25) is 0 Å². The maximum absolute atomic E-state index is 12.8. The second-order valence-corrected chi connectivity index (χ2v) is 9.46. The van der Waals surface area contributed by atoms with Gasteiger partial charge in [0.1, 0.15) is 12.4 Å². The van der Waals surface area contributed by atoms with Gasteiger partial charge < -0.3 is 14.5 Å². The predicted molar refractivity (Wildman–Crippen MR) is 138 cm³/mol. The molecule has 36 heavy (non-hydrogen) atoms. The van der Waals surface area contributed by atoms with E-state index in [4.69, 9.17) is 9.47 Å². The third-order valence-electron chi connectivity index (χ3n) is 5.63. The summed E-state index contributed by atoms with van der Waals surface area (Å²) in [6.07, 6.45) is 1.65. The summed E-state index contributed by atoms with van der Waals surface area (Å²) in [5.74, 6) is 0.521. The van der Waals surface area contributed by atoms with Gasteiger partial charge in [0.2, 0.25) is 0 Å². The molecule has 180 valence electrons. The second-order valence-electron chi connectivity index (χ2n) is 8.09. The Labute approximate surface area is 210 Å². The third kappa shape index (κ3) is 5.34. The largest absolute Gasteiger partial charge is 0.489 e. The Morgan fingerprint density at radius 2 is 1.78 bits per heavy atom. The zero-order valence-electron chi connectivity index (χ0n) is 19.5. The first-order valence-electron chi connectivity index (χ1n) is 11.3. The van der Waals surface area contributed by atoms with Crippen molar-refractivity contribution in [3.63, 3.8) is 0 Å². The summed E-state index contributed by atoms with van der Waals surface area (Å²) >= 11 is 0. The fraction of sp³-hybridized carbons (Fsp3) is 0.107. The lowest BCUT2D eigenvalue weighted by molar-refractivity contribution is 0.0601. The number of para-hydroxylation sites is 2. The molecule has 0 radical (unpaired) electrons. The van der Waals surface area contributed by atoms with Crippen LogP contribution in [0.25, 0.3) is 22.2 Å². The summed E-state index contributed by atoms with van der Waals surface area (Å²) in [5, 5.41) is 0.432. The van der Waals surface area contributed by atoms with Crippen molar-refractivity contribution in [3.05, 3.63) is 108 Å². The fourth-order valence-electron chi connectivity index (χ4n) is 3.77. The van der Waals surface area contributed by atoms with Crippen LogP contribution in [0.5, 0.6) is 5.75 Å². The molecule has 0 amide bonds. The number of rotatable bonds is 8. The van der Waals surface area contributed by atoms with E-state index in [-0.39, 0.29) is 11.7 Å². The number of benzene rings is 3. The minimum absolute atomic E-state index is 0.232. The van der Waals surface area contributed by atoms with Crippen molar-refractivity contribution in [2.75, 3.05) is 7.11 Å². The van der Waals surface area contributed by atoms with Crippen molar-refractivity contribution in [2.24, 2.45) is 0 Å². The maximum atomic E-state index is 12.8. The van der Waals surface area contributed by atoms with E-state index in [1.165, 1.54) is 7.11 Å². The number of nitrogens with zero attached hydrogens (tertiary/aromatic N) is 2. The topological polar surface area (TPSA) is 94.2 Å². The number of hydrogen-bond acceptors (Lipinski definition) is 6. The van der Waals surface area contributed by atoms with Crippen LogP contribution in [0.4, 0.5) is 0 Å². The van der Waals surface area contributed by atoms with Gasteiger partial charge in [-0.25, -0.2) is 9.78 Å². The molecule has 0 bridgehead atoms. The van der Waals surface area contributed by atoms with Crippen LogP contribution in [0.15, 0.2) is 96.3 Å². The lowest BCUT2D eigenvalue weighted by atomic mass is 10.0. The van der Waals surface area contributed by atoms with E-state index in [2.05, 4.69) is 15.0 Å². The van der Waals surface area contributed by atoms with Gasteiger partial charge >= 0.3 is 5.97 Å². The number of esters is 1. The average Bonchev–Trinajstić information content (AvgIpc) is 3.37. The number of carbonyl (C=O) groups excluding carboxylic acids is 1. The van der Waals surface area contributed by atoms with Crippen LogP contribution in [0.3, 0.4) is 0 Å². The van der Waals surface area contributed by atoms with Gasteiger partial charge in [-0.05, 0) is 47.0 Å². The SMILES string of the molecule is COC(=O)c1cccc(-c2ccc(COc3ccnc(CS(=O)c4nc5ccccc5[nH]4)c3)cc2)c1. The lowest BCUT2D eigenvalue weighted by Gasteiger charge is -2.09. The van der Waals surface area contributed by atoms with Crippen LogP contribution in [0.1, 0.15) is 21.6 Å². The molecule has 1 N–H and O–H groups in total. The summed E-state index contributed by atoms with van der Waals surface area (Å²) in [5.41, 5.74) is 5.72. The predicted octanol–water partition coefficient (Wildman–Crippen LogP) is 5.30. The molecule has 3 aromatic carbocycles. The van der Waals surface area contributed by atoms with Gasteiger partial charge in [-0.2, -0.15) is 0 Å². The van der Waals surface area contributed by atoms with Crippen LogP contribution >= 0.6 is 0 Å². The standard InChI is InChI=1S/C28H23N3O4S/c1-34-27(32)22-6-4-5-21(15-22)20-11-9-19(10-12-20)17-35-24-13-14-29-23(16-24)18-36(33)28-30-25-7-2-3-8-26(25)31-28/h2-16H,17-18H2,1H3,(H,30,31). The molecule has 0 saturated heterocycles. The molecular weight excluding hydrogens is 474 g/mol. The van der Waals surface area contributed by atoms with E-state index in [1.54, 1.807) is 24.4 Å². The molecule has 0 aliphatic carbocycles. The number of imidazole rings is 1. The van der Waals surface area contributed by atoms with E-state index in [9.17, 15) is 9.00 Å². The first-order chi connectivity index (χ1) is 17.6. The summed E-state index contributed by atoms with van der Waals surface area (Å²) in [4.78, 5) is 23.7. The van der Waals surface area contributed by atoms with Gasteiger partial charge in [-0.3, -0.25) is 9.19 Å². The van der Waals surface area contributed by atoms with Crippen molar-refractivity contribution >= 4 is 27.8 Å². The summed E-state index contributed by atoms with van der Waals surface area (Å²) in [6, 6.07) is 26.4. The first-order valence-corrected chi connectivity index (χ1v) is 12.6. The fourth-order valence-corrected chi connectivity index (χ4v) is 4.76. The van der Waals surface area contributed by atoms with Crippen molar-refractivity contribution < 1.29 is 18.5 Å². The quantitative estimate of drug-likeness (QED) is 0.293. The highest BCUT2D eigenvalue weighted by Gasteiger charge is 2.12. The van der Waals surface area contributed by atoms with Crippen LogP contribution < -0.4 is 4.74 Å². The Morgan fingerprint density at radius 3 is 2.58 bits per heavy atom. The summed E-state index contributed by atoms with van der Waals surface area (Å²) < 4.78 is 23.6. The van der Waals surface area contributed by atoms with Gasteiger partial charge in [0.05, 0.1) is 46.0 Å². The molecule has 0 saturated carbocycles. The Balaban J connectivity index is 1.22. The van der Waals surface area contributed by atoms with Gasteiger partial charge in [-0.15, -0.1) is 0 Å². The molecule has 0 spiro atoms. The van der Waals surface area contributed by atoms with E-state index >= 15 is 0 Å². The van der Waals surface area contributed by atoms with Crippen LogP contribution in [-0.2, 0) is 27.9 Å². The Kier molecular flexibility index (Phi) is 6.86. The zero-order chi connectivity index (χ0) is 24.9. The molecule has 5 aromatic rings. The van der Waals surface area contributed by atoms with Crippen LogP contribution in [0, 0.1) is 0 Å². The molecule has 8 heteroatoms. The molecular formula is C28H23N3O4S. The normalized spacial score (nSPS) is 11.8. The zero-order valence-corrected chi connectivity index (χ0v) is 20.3. The number of fused-ring (bicyclic) bond motifs is 1. The van der Waals surface area contributed by atoms with Gasteiger partial charge in [0, 0.05) is 12.3 Å². The second kappa shape index (κ2) is 10.5. The number of hydrogen-bond donors (Lipinski definition) is 1. The average molecular weight is 498 g/mol. The number of ether oxygens (including phenoxy) is 2. The lowest BCUT2D eigenvalue weighted by Crippen LogP contribution is -2.02. The first kappa shape index (κ1) is 23.4. The Morgan fingerprint density at radius 1 is 0.944 bits per heavy atom. The highest BCUT2D eigenvalue weighted by Crippen LogP contribution is 2.23. The number of carbonyl (C=O) groups is 1.